The largest absolute Gasteiger partial charge is 0.300 e. The third-order valence-electron chi connectivity index (χ3n) is 3.03. The van der Waals surface area contributed by atoms with Crippen molar-refractivity contribution in [3.05, 3.63) is 35.4 Å². The molecule has 0 N–H and O–H groups in total. The molecule has 0 amide bonds. The highest BCUT2D eigenvalue weighted by molar-refractivity contribution is 5.80. The van der Waals surface area contributed by atoms with E-state index >= 15 is 0 Å². The number of benzene rings is 1. The summed E-state index contributed by atoms with van der Waals surface area (Å²) in [6.45, 7) is 0. The molecule has 2 heteroatoms. The van der Waals surface area contributed by atoms with Gasteiger partial charge in [-0.3, -0.25) is 9.59 Å². The van der Waals surface area contributed by atoms with Gasteiger partial charge in [0.15, 0.2) is 0 Å². The topological polar surface area (TPSA) is 34.1 Å². The Morgan fingerprint density at radius 1 is 1.20 bits per heavy atom. The van der Waals surface area contributed by atoms with E-state index in [4.69, 9.17) is 0 Å². The van der Waals surface area contributed by atoms with Crippen LogP contribution in [0.15, 0.2) is 24.3 Å². The van der Waals surface area contributed by atoms with E-state index in [-0.39, 0.29) is 0 Å². The van der Waals surface area contributed by atoms with Crippen molar-refractivity contribution < 1.29 is 9.59 Å². The molecule has 78 valence electrons. The minimum absolute atomic E-state index is 0.366. The minimum Gasteiger partial charge on any atom is -0.300 e. The maximum Gasteiger partial charge on any atom is 0.150 e. The van der Waals surface area contributed by atoms with E-state index in [0.29, 0.717) is 23.7 Å². The molecule has 1 fully saturated rings. The number of ketones is 1. The van der Waals surface area contributed by atoms with Gasteiger partial charge in [-0.25, -0.2) is 0 Å². The SMILES string of the molecule is O=Cc1ccc(C2CCCC(=O)C2)cc1. The Balaban J connectivity index is 2.14. The predicted molar refractivity (Wildman–Crippen MR) is 58.0 cm³/mol. The second kappa shape index (κ2) is 4.39. The molecule has 1 atom stereocenters. The molecule has 1 unspecified atom stereocenters. The summed E-state index contributed by atoms with van der Waals surface area (Å²) in [7, 11) is 0. The molecule has 2 rings (SSSR count). The summed E-state index contributed by atoms with van der Waals surface area (Å²) in [5, 5.41) is 0. The van der Waals surface area contributed by atoms with Gasteiger partial charge in [0, 0.05) is 18.4 Å². The highest BCUT2D eigenvalue weighted by Gasteiger charge is 2.20. The lowest BCUT2D eigenvalue weighted by Gasteiger charge is -2.21. The Labute approximate surface area is 89.3 Å². The lowest BCUT2D eigenvalue weighted by atomic mass is 9.83. The number of carbonyl (C=O) groups excluding carboxylic acids is 2. The van der Waals surface area contributed by atoms with Crippen molar-refractivity contribution in [1.29, 1.82) is 0 Å². The zero-order valence-electron chi connectivity index (χ0n) is 8.61. The van der Waals surface area contributed by atoms with Gasteiger partial charge < -0.3 is 0 Å². The molecule has 1 aromatic carbocycles. The maximum absolute atomic E-state index is 11.3. The number of hydrogen-bond acceptors (Lipinski definition) is 2. The molecule has 1 saturated carbocycles. The monoisotopic (exact) mass is 202 g/mol. The summed E-state index contributed by atoms with van der Waals surface area (Å²) in [6, 6.07) is 7.57. The fraction of sp³-hybridized carbons (Fsp3) is 0.385. The van der Waals surface area contributed by atoms with E-state index in [1.807, 2.05) is 24.3 Å². The van der Waals surface area contributed by atoms with Crippen LogP contribution in [0.5, 0.6) is 0 Å². The van der Waals surface area contributed by atoms with Crippen molar-refractivity contribution in [2.24, 2.45) is 0 Å². The van der Waals surface area contributed by atoms with Gasteiger partial charge in [-0.1, -0.05) is 24.3 Å². The highest BCUT2D eigenvalue weighted by Crippen LogP contribution is 2.30. The van der Waals surface area contributed by atoms with E-state index in [1.54, 1.807) is 0 Å². The van der Waals surface area contributed by atoms with Crippen LogP contribution in [0.3, 0.4) is 0 Å². The number of aldehydes is 1. The van der Waals surface area contributed by atoms with Gasteiger partial charge in [-0.2, -0.15) is 0 Å². The van der Waals surface area contributed by atoms with Gasteiger partial charge in [0.05, 0.1) is 0 Å². The summed E-state index contributed by atoms with van der Waals surface area (Å²) in [4.78, 5) is 21.8. The van der Waals surface area contributed by atoms with Crippen LogP contribution >= 0.6 is 0 Å². The van der Waals surface area contributed by atoms with E-state index < -0.39 is 0 Å². The van der Waals surface area contributed by atoms with Crippen LogP contribution in [0, 0.1) is 0 Å². The van der Waals surface area contributed by atoms with Crippen molar-refractivity contribution in [3.8, 4) is 0 Å². The van der Waals surface area contributed by atoms with Gasteiger partial charge in [0.1, 0.15) is 12.1 Å². The first-order valence-corrected chi connectivity index (χ1v) is 5.36. The quantitative estimate of drug-likeness (QED) is 0.691. The second-order valence-corrected chi connectivity index (χ2v) is 4.12. The summed E-state index contributed by atoms with van der Waals surface area (Å²) in [6.07, 6.45) is 4.34. The second-order valence-electron chi connectivity index (χ2n) is 4.12. The molecule has 0 heterocycles. The summed E-state index contributed by atoms with van der Waals surface area (Å²) >= 11 is 0. The average molecular weight is 202 g/mol. The Bertz CT molecular complexity index is 365. The van der Waals surface area contributed by atoms with Crippen molar-refractivity contribution in [3.63, 3.8) is 0 Å². The van der Waals surface area contributed by atoms with Gasteiger partial charge >= 0.3 is 0 Å². The lowest BCUT2D eigenvalue weighted by molar-refractivity contribution is -0.120. The van der Waals surface area contributed by atoms with Crippen LogP contribution < -0.4 is 0 Å². The molecule has 1 aromatic rings. The maximum atomic E-state index is 11.3. The molecule has 0 aromatic heterocycles. The highest BCUT2D eigenvalue weighted by atomic mass is 16.1. The summed E-state index contributed by atoms with van der Waals surface area (Å²) < 4.78 is 0. The first-order chi connectivity index (χ1) is 7.29. The molecule has 0 radical (unpaired) electrons. The van der Waals surface area contributed by atoms with Crippen molar-refractivity contribution in [1.82, 2.24) is 0 Å². The first kappa shape index (κ1) is 10.1. The third-order valence-corrected chi connectivity index (χ3v) is 3.03. The average Bonchev–Trinajstić information content (AvgIpc) is 2.29. The van der Waals surface area contributed by atoms with Crippen molar-refractivity contribution >= 4 is 12.1 Å². The number of rotatable bonds is 2. The van der Waals surface area contributed by atoms with Gasteiger partial charge in [0.25, 0.3) is 0 Å². The van der Waals surface area contributed by atoms with Gasteiger partial charge in [-0.15, -0.1) is 0 Å². The van der Waals surface area contributed by atoms with E-state index in [9.17, 15) is 9.59 Å². The van der Waals surface area contributed by atoms with Crippen LogP contribution in [-0.4, -0.2) is 12.1 Å². The summed E-state index contributed by atoms with van der Waals surface area (Å²) in [5.41, 5.74) is 1.88. The fourth-order valence-electron chi connectivity index (χ4n) is 2.16. The Hall–Kier alpha value is -1.44. The molecule has 0 spiro atoms. The van der Waals surface area contributed by atoms with Crippen LogP contribution in [0.1, 0.15) is 47.5 Å². The van der Waals surface area contributed by atoms with Crippen LogP contribution in [-0.2, 0) is 4.79 Å². The summed E-state index contributed by atoms with van der Waals surface area (Å²) in [5.74, 6) is 0.734. The van der Waals surface area contributed by atoms with Crippen molar-refractivity contribution in [2.75, 3.05) is 0 Å². The fourth-order valence-corrected chi connectivity index (χ4v) is 2.16. The molecular weight excluding hydrogens is 188 g/mol. The van der Waals surface area contributed by atoms with E-state index in [2.05, 4.69) is 0 Å². The van der Waals surface area contributed by atoms with E-state index in [1.165, 1.54) is 5.56 Å². The number of carbonyl (C=O) groups is 2. The molecule has 0 bridgehead atoms. The van der Waals surface area contributed by atoms with Gasteiger partial charge in [-0.05, 0) is 24.3 Å². The minimum atomic E-state index is 0.366. The van der Waals surface area contributed by atoms with Gasteiger partial charge in [0.2, 0.25) is 0 Å². The predicted octanol–water partition coefficient (Wildman–Crippen LogP) is 2.73. The number of hydrogen-bond donors (Lipinski definition) is 0. The normalized spacial score (nSPS) is 21.3. The molecular formula is C13H14O2. The molecule has 0 aliphatic heterocycles. The number of Topliss-reactive ketones (excluding diaryl/α,β-unsaturated/α-hetero) is 1. The Morgan fingerprint density at radius 3 is 2.53 bits per heavy atom. The zero-order valence-corrected chi connectivity index (χ0v) is 8.61. The molecule has 1 aliphatic rings. The molecule has 2 nitrogen and oxygen atoms in total. The smallest absolute Gasteiger partial charge is 0.150 e. The van der Waals surface area contributed by atoms with Crippen LogP contribution in [0.4, 0.5) is 0 Å². The first-order valence-electron chi connectivity index (χ1n) is 5.36. The standard InChI is InChI=1S/C13H14O2/c14-9-10-4-6-11(7-5-10)12-2-1-3-13(15)8-12/h4-7,9,12H,1-3,8H2. The molecule has 15 heavy (non-hydrogen) atoms. The Kier molecular flexibility index (Phi) is 2.95. The third kappa shape index (κ3) is 2.32. The molecule has 1 aliphatic carbocycles. The molecule has 0 saturated heterocycles. The lowest BCUT2D eigenvalue weighted by Crippen LogP contribution is -2.13. The van der Waals surface area contributed by atoms with Crippen molar-refractivity contribution in [2.45, 2.75) is 31.6 Å². The Morgan fingerprint density at radius 2 is 1.93 bits per heavy atom. The van der Waals surface area contributed by atoms with Crippen LogP contribution in [0.25, 0.3) is 0 Å². The van der Waals surface area contributed by atoms with Crippen LogP contribution in [0.2, 0.25) is 0 Å². The zero-order chi connectivity index (χ0) is 10.7. The van der Waals surface area contributed by atoms with E-state index in [0.717, 1.165) is 25.5 Å².